The molecule has 2 heteroatoms. The molecule has 72 valence electrons. The molecular weight excluding hydrogens is 174 g/mol. The van der Waals surface area contributed by atoms with Gasteiger partial charge in [-0.1, -0.05) is 24.3 Å². The van der Waals surface area contributed by atoms with Crippen molar-refractivity contribution >= 4 is 11.0 Å². The van der Waals surface area contributed by atoms with Crippen LogP contribution in [0.1, 0.15) is 17.4 Å². The summed E-state index contributed by atoms with van der Waals surface area (Å²) in [6, 6.07) is 7.75. The molecule has 0 aliphatic carbocycles. The zero-order valence-electron chi connectivity index (χ0n) is 8.16. The lowest BCUT2D eigenvalue weighted by molar-refractivity contribution is 0.569. The molecule has 0 bridgehead atoms. The fourth-order valence-electron chi connectivity index (χ4n) is 1.72. The first-order valence-electron chi connectivity index (χ1n) is 4.60. The lowest BCUT2D eigenvalue weighted by atomic mass is 10.0. The van der Waals surface area contributed by atoms with Crippen LogP contribution in [-0.2, 0) is 0 Å². The Morgan fingerprint density at radius 3 is 2.86 bits per heavy atom. The van der Waals surface area contributed by atoms with E-state index < -0.39 is 0 Å². The fourth-order valence-corrected chi connectivity index (χ4v) is 1.72. The lowest BCUT2D eigenvalue weighted by Gasteiger charge is -2.04. The van der Waals surface area contributed by atoms with Gasteiger partial charge in [0.05, 0.1) is 6.04 Å². The van der Waals surface area contributed by atoms with Gasteiger partial charge in [-0.05, 0) is 13.0 Å². The van der Waals surface area contributed by atoms with Crippen LogP contribution in [0.25, 0.3) is 11.0 Å². The molecule has 2 nitrogen and oxygen atoms in total. The van der Waals surface area contributed by atoms with E-state index in [1.54, 1.807) is 6.08 Å². The summed E-state index contributed by atoms with van der Waals surface area (Å²) in [6.07, 6.45) is 1.73. The molecule has 0 amide bonds. The molecule has 0 saturated carbocycles. The monoisotopic (exact) mass is 187 g/mol. The molecule has 0 aliphatic heterocycles. The van der Waals surface area contributed by atoms with Crippen molar-refractivity contribution in [3.05, 3.63) is 48.2 Å². The predicted molar refractivity (Wildman–Crippen MR) is 58.1 cm³/mol. The van der Waals surface area contributed by atoms with Crippen molar-refractivity contribution in [2.45, 2.75) is 13.0 Å². The molecule has 0 fully saturated rings. The molecule has 1 aromatic heterocycles. The minimum absolute atomic E-state index is 0.154. The second kappa shape index (κ2) is 3.31. The van der Waals surface area contributed by atoms with E-state index >= 15 is 0 Å². The highest BCUT2D eigenvalue weighted by molar-refractivity contribution is 5.82. The number of hydrogen-bond acceptors (Lipinski definition) is 2. The summed E-state index contributed by atoms with van der Waals surface area (Å²) in [5.41, 5.74) is 7.85. The minimum atomic E-state index is -0.154. The van der Waals surface area contributed by atoms with Gasteiger partial charge in [0.25, 0.3) is 0 Å². The van der Waals surface area contributed by atoms with Crippen molar-refractivity contribution in [3.8, 4) is 0 Å². The second-order valence-corrected chi connectivity index (χ2v) is 3.33. The van der Waals surface area contributed by atoms with Gasteiger partial charge < -0.3 is 10.2 Å². The highest BCUT2D eigenvalue weighted by Crippen LogP contribution is 2.29. The topological polar surface area (TPSA) is 39.2 Å². The van der Waals surface area contributed by atoms with Crippen LogP contribution in [0.3, 0.4) is 0 Å². The zero-order chi connectivity index (χ0) is 10.1. The molecule has 2 aromatic rings. The largest absolute Gasteiger partial charge is 0.461 e. The highest BCUT2D eigenvalue weighted by atomic mass is 16.3. The molecule has 2 rings (SSSR count). The molecule has 0 spiro atoms. The van der Waals surface area contributed by atoms with Gasteiger partial charge in [0, 0.05) is 10.9 Å². The quantitative estimate of drug-likeness (QED) is 0.734. The van der Waals surface area contributed by atoms with E-state index in [0.717, 1.165) is 22.3 Å². The van der Waals surface area contributed by atoms with Crippen molar-refractivity contribution in [2.75, 3.05) is 0 Å². The van der Waals surface area contributed by atoms with Gasteiger partial charge in [-0.2, -0.15) is 0 Å². The van der Waals surface area contributed by atoms with E-state index in [2.05, 4.69) is 6.58 Å². The van der Waals surface area contributed by atoms with Crippen LogP contribution >= 0.6 is 0 Å². The smallest absolute Gasteiger partial charge is 0.134 e. The van der Waals surface area contributed by atoms with Gasteiger partial charge in [0.2, 0.25) is 0 Å². The first-order valence-corrected chi connectivity index (χ1v) is 4.60. The van der Waals surface area contributed by atoms with E-state index in [1.807, 2.05) is 31.2 Å². The third kappa shape index (κ3) is 1.24. The molecule has 1 aromatic carbocycles. The van der Waals surface area contributed by atoms with Gasteiger partial charge in [-0.25, -0.2) is 0 Å². The normalized spacial score (nSPS) is 13.0. The van der Waals surface area contributed by atoms with E-state index in [4.69, 9.17) is 10.2 Å². The van der Waals surface area contributed by atoms with Crippen molar-refractivity contribution in [3.63, 3.8) is 0 Å². The number of aryl methyl sites for hydroxylation is 1. The summed E-state index contributed by atoms with van der Waals surface area (Å²) in [5, 5.41) is 1.08. The summed E-state index contributed by atoms with van der Waals surface area (Å²) < 4.78 is 5.59. The standard InChI is InChI=1S/C12H13NO/c1-3-10(13)12-8(2)14-11-7-5-4-6-9(11)12/h3-7,10H,1,13H2,2H3/t10-/m1/s1. The third-order valence-corrected chi connectivity index (χ3v) is 2.41. The Hall–Kier alpha value is -1.54. The number of benzene rings is 1. The highest BCUT2D eigenvalue weighted by Gasteiger charge is 2.14. The number of nitrogens with two attached hydrogens (primary N) is 1. The van der Waals surface area contributed by atoms with Crippen LogP contribution in [-0.4, -0.2) is 0 Å². The Labute approximate surface area is 83.0 Å². The minimum Gasteiger partial charge on any atom is -0.461 e. The number of hydrogen-bond donors (Lipinski definition) is 1. The number of fused-ring (bicyclic) bond motifs is 1. The summed E-state index contributed by atoms with van der Waals surface area (Å²) in [7, 11) is 0. The molecule has 0 saturated heterocycles. The summed E-state index contributed by atoms with van der Waals surface area (Å²) in [4.78, 5) is 0. The summed E-state index contributed by atoms with van der Waals surface area (Å²) in [5.74, 6) is 0.874. The Balaban J connectivity index is 2.73. The van der Waals surface area contributed by atoms with Gasteiger partial charge in [0.15, 0.2) is 0 Å². The number of furan rings is 1. The zero-order valence-corrected chi connectivity index (χ0v) is 8.16. The van der Waals surface area contributed by atoms with Crippen LogP contribution in [0.5, 0.6) is 0 Å². The average Bonchev–Trinajstić information content (AvgIpc) is 2.53. The van der Waals surface area contributed by atoms with E-state index in [-0.39, 0.29) is 6.04 Å². The average molecular weight is 187 g/mol. The van der Waals surface area contributed by atoms with Crippen LogP contribution < -0.4 is 5.73 Å². The van der Waals surface area contributed by atoms with Gasteiger partial charge in [-0.15, -0.1) is 6.58 Å². The van der Waals surface area contributed by atoms with Crippen LogP contribution in [0.4, 0.5) is 0 Å². The number of para-hydroxylation sites is 1. The van der Waals surface area contributed by atoms with Crippen molar-refractivity contribution in [1.82, 2.24) is 0 Å². The molecule has 0 unspecified atom stereocenters. The Morgan fingerprint density at radius 1 is 1.43 bits per heavy atom. The molecule has 0 aliphatic rings. The molecule has 1 heterocycles. The van der Waals surface area contributed by atoms with Gasteiger partial charge >= 0.3 is 0 Å². The van der Waals surface area contributed by atoms with E-state index in [9.17, 15) is 0 Å². The second-order valence-electron chi connectivity index (χ2n) is 3.33. The number of rotatable bonds is 2. The third-order valence-electron chi connectivity index (χ3n) is 2.41. The molecule has 0 radical (unpaired) electrons. The maximum absolute atomic E-state index is 5.93. The Kier molecular flexibility index (Phi) is 2.14. The molecule has 14 heavy (non-hydrogen) atoms. The molecular formula is C12H13NO. The van der Waals surface area contributed by atoms with Crippen molar-refractivity contribution < 1.29 is 4.42 Å². The predicted octanol–water partition coefficient (Wildman–Crippen LogP) is 2.93. The maximum Gasteiger partial charge on any atom is 0.134 e. The summed E-state index contributed by atoms with van der Waals surface area (Å²) >= 11 is 0. The fraction of sp³-hybridized carbons (Fsp3) is 0.167. The van der Waals surface area contributed by atoms with Crippen molar-refractivity contribution in [2.24, 2.45) is 5.73 Å². The maximum atomic E-state index is 5.93. The van der Waals surface area contributed by atoms with E-state index in [1.165, 1.54) is 0 Å². The Bertz CT molecular complexity index is 470. The lowest BCUT2D eigenvalue weighted by Crippen LogP contribution is -2.06. The van der Waals surface area contributed by atoms with Gasteiger partial charge in [-0.3, -0.25) is 0 Å². The van der Waals surface area contributed by atoms with Crippen LogP contribution in [0.2, 0.25) is 0 Å². The summed E-state index contributed by atoms with van der Waals surface area (Å²) in [6.45, 7) is 5.63. The first kappa shape index (κ1) is 9.03. The van der Waals surface area contributed by atoms with Gasteiger partial charge in [0.1, 0.15) is 11.3 Å². The SMILES string of the molecule is C=C[C@@H](N)c1c(C)oc2ccccc12. The molecule has 1 atom stereocenters. The molecule has 2 N–H and O–H groups in total. The van der Waals surface area contributed by atoms with E-state index in [0.29, 0.717) is 0 Å². The van der Waals surface area contributed by atoms with Crippen LogP contribution in [0, 0.1) is 6.92 Å². The van der Waals surface area contributed by atoms with Crippen molar-refractivity contribution in [1.29, 1.82) is 0 Å². The Morgan fingerprint density at radius 2 is 2.14 bits per heavy atom. The van der Waals surface area contributed by atoms with Crippen LogP contribution in [0.15, 0.2) is 41.3 Å². The first-order chi connectivity index (χ1) is 6.74.